The Morgan fingerprint density at radius 3 is 2.68 bits per heavy atom. The lowest BCUT2D eigenvalue weighted by molar-refractivity contribution is 0.0689. The molecule has 0 spiro atoms. The van der Waals surface area contributed by atoms with E-state index in [9.17, 15) is 4.79 Å². The van der Waals surface area contributed by atoms with Gasteiger partial charge in [0.05, 0.1) is 0 Å². The number of benzene rings is 1. The zero-order chi connectivity index (χ0) is 13.2. The van der Waals surface area contributed by atoms with Gasteiger partial charge in [-0.05, 0) is 30.9 Å². The molecule has 1 aromatic heterocycles. The van der Waals surface area contributed by atoms with Gasteiger partial charge in [0.2, 0.25) is 0 Å². The lowest BCUT2D eigenvalue weighted by Crippen LogP contribution is -2.08. The molecule has 1 aromatic carbocycles. The molecule has 19 heavy (non-hydrogen) atoms. The number of carboxylic acids is 1. The van der Waals surface area contributed by atoms with E-state index in [1.165, 1.54) is 5.56 Å². The number of hydrogen-bond donors (Lipinski definition) is 1. The van der Waals surface area contributed by atoms with Crippen LogP contribution >= 0.6 is 0 Å². The summed E-state index contributed by atoms with van der Waals surface area (Å²) in [6.07, 6.45) is 3.17. The molecule has 0 atom stereocenters. The third kappa shape index (κ3) is 2.67. The number of rotatable bonds is 5. The van der Waals surface area contributed by atoms with E-state index in [1.54, 1.807) is 6.07 Å². The molecule has 0 amide bonds. The van der Waals surface area contributed by atoms with E-state index in [0.29, 0.717) is 5.92 Å². The van der Waals surface area contributed by atoms with Crippen LogP contribution < -0.4 is 0 Å². The van der Waals surface area contributed by atoms with E-state index in [1.807, 2.05) is 22.9 Å². The van der Waals surface area contributed by atoms with Crippen molar-refractivity contribution in [2.75, 3.05) is 0 Å². The van der Waals surface area contributed by atoms with Crippen LogP contribution in [-0.4, -0.2) is 20.9 Å². The van der Waals surface area contributed by atoms with Crippen molar-refractivity contribution < 1.29 is 9.90 Å². The summed E-state index contributed by atoms with van der Waals surface area (Å²) in [6.45, 7) is 0.739. The van der Waals surface area contributed by atoms with Crippen LogP contribution in [0.4, 0.5) is 0 Å². The zero-order valence-electron chi connectivity index (χ0n) is 10.6. The van der Waals surface area contributed by atoms with Crippen molar-refractivity contribution in [3.05, 3.63) is 53.3 Å². The van der Waals surface area contributed by atoms with Crippen LogP contribution in [0.15, 0.2) is 36.4 Å². The average Bonchev–Trinajstić information content (AvgIpc) is 3.17. The highest BCUT2D eigenvalue weighted by Crippen LogP contribution is 2.40. The summed E-state index contributed by atoms with van der Waals surface area (Å²) in [5, 5.41) is 13.2. The third-order valence-corrected chi connectivity index (χ3v) is 3.48. The Bertz CT molecular complexity index is 585. The lowest BCUT2D eigenvalue weighted by Gasteiger charge is -2.06. The Morgan fingerprint density at radius 2 is 2.05 bits per heavy atom. The Morgan fingerprint density at radius 1 is 1.32 bits per heavy atom. The quantitative estimate of drug-likeness (QED) is 0.894. The summed E-state index contributed by atoms with van der Waals surface area (Å²) in [5.74, 6) is -0.434. The minimum atomic E-state index is -0.944. The van der Waals surface area contributed by atoms with E-state index >= 15 is 0 Å². The summed E-state index contributed by atoms with van der Waals surface area (Å²) < 4.78 is 1.87. The molecule has 1 N–H and O–H groups in total. The number of aromatic carboxylic acids is 1. The summed E-state index contributed by atoms with van der Waals surface area (Å²) in [5.41, 5.74) is 2.49. The molecule has 0 unspecified atom stereocenters. The Hall–Kier alpha value is -2.10. The van der Waals surface area contributed by atoms with Crippen molar-refractivity contribution in [1.82, 2.24) is 9.78 Å². The maximum absolute atomic E-state index is 11.0. The summed E-state index contributed by atoms with van der Waals surface area (Å²) >= 11 is 0. The second-order valence-corrected chi connectivity index (χ2v) is 4.99. The van der Waals surface area contributed by atoms with Gasteiger partial charge in [0, 0.05) is 18.2 Å². The van der Waals surface area contributed by atoms with Crippen LogP contribution in [0.2, 0.25) is 0 Å². The van der Waals surface area contributed by atoms with Crippen LogP contribution in [0, 0.1) is 0 Å². The summed E-state index contributed by atoms with van der Waals surface area (Å²) in [7, 11) is 0. The van der Waals surface area contributed by atoms with Crippen molar-refractivity contribution in [2.24, 2.45) is 0 Å². The summed E-state index contributed by atoms with van der Waals surface area (Å²) in [6, 6.07) is 11.9. The van der Waals surface area contributed by atoms with E-state index in [0.717, 1.165) is 31.5 Å². The van der Waals surface area contributed by atoms with Crippen molar-refractivity contribution in [2.45, 2.75) is 31.7 Å². The minimum Gasteiger partial charge on any atom is -0.476 e. The lowest BCUT2D eigenvalue weighted by atomic mass is 10.1. The first kappa shape index (κ1) is 12.0. The van der Waals surface area contributed by atoms with Gasteiger partial charge >= 0.3 is 5.97 Å². The Labute approximate surface area is 111 Å². The molecule has 1 fully saturated rings. The molecule has 1 saturated carbocycles. The van der Waals surface area contributed by atoms with Crippen LogP contribution in [0.1, 0.15) is 40.5 Å². The van der Waals surface area contributed by atoms with Gasteiger partial charge in [-0.1, -0.05) is 30.3 Å². The first-order valence-corrected chi connectivity index (χ1v) is 6.59. The molecule has 3 rings (SSSR count). The van der Waals surface area contributed by atoms with Gasteiger partial charge in [-0.15, -0.1) is 0 Å². The molecule has 4 nitrogen and oxygen atoms in total. The number of carboxylic acid groups (broad SMARTS) is 1. The largest absolute Gasteiger partial charge is 0.476 e. The van der Waals surface area contributed by atoms with E-state index in [4.69, 9.17) is 5.11 Å². The second kappa shape index (κ2) is 4.88. The standard InChI is InChI=1S/C15H16N2O2/c18-15(19)13-10-14(12-6-7-12)17(16-13)9-8-11-4-2-1-3-5-11/h1-5,10,12H,6-9H2,(H,18,19). The first-order chi connectivity index (χ1) is 9.24. The topological polar surface area (TPSA) is 55.1 Å². The third-order valence-electron chi connectivity index (χ3n) is 3.48. The van der Waals surface area contributed by atoms with Gasteiger partial charge in [0.1, 0.15) is 0 Å². The monoisotopic (exact) mass is 256 g/mol. The van der Waals surface area contributed by atoms with Gasteiger partial charge in [-0.2, -0.15) is 5.10 Å². The van der Waals surface area contributed by atoms with Gasteiger partial charge in [0.25, 0.3) is 0 Å². The van der Waals surface area contributed by atoms with Crippen molar-refractivity contribution in [3.8, 4) is 0 Å². The van der Waals surface area contributed by atoms with Crippen molar-refractivity contribution >= 4 is 5.97 Å². The number of nitrogens with zero attached hydrogens (tertiary/aromatic N) is 2. The average molecular weight is 256 g/mol. The van der Waals surface area contributed by atoms with Gasteiger partial charge in [-0.3, -0.25) is 4.68 Å². The molecule has 0 aliphatic heterocycles. The number of aromatic nitrogens is 2. The molecular formula is C15H16N2O2. The number of carbonyl (C=O) groups is 1. The molecule has 1 aliphatic carbocycles. The van der Waals surface area contributed by atoms with E-state index in [2.05, 4.69) is 17.2 Å². The predicted molar refractivity (Wildman–Crippen MR) is 71.3 cm³/mol. The second-order valence-electron chi connectivity index (χ2n) is 4.99. The summed E-state index contributed by atoms with van der Waals surface area (Å²) in [4.78, 5) is 11.0. The molecular weight excluding hydrogens is 240 g/mol. The fourth-order valence-electron chi connectivity index (χ4n) is 2.30. The fraction of sp³-hybridized carbons (Fsp3) is 0.333. The first-order valence-electron chi connectivity index (χ1n) is 6.59. The van der Waals surface area contributed by atoms with E-state index in [-0.39, 0.29) is 5.69 Å². The molecule has 2 aromatic rings. The van der Waals surface area contributed by atoms with Gasteiger partial charge in [-0.25, -0.2) is 4.79 Å². The molecule has 4 heteroatoms. The molecule has 0 bridgehead atoms. The Kier molecular flexibility index (Phi) is 3.07. The highest BCUT2D eigenvalue weighted by atomic mass is 16.4. The van der Waals surface area contributed by atoms with Gasteiger partial charge in [0.15, 0.2) is 5.69 Å². The normalized spacial score (nSPS) is 14.5. The molecule has 1 heterocycles. The van der Waals surface area contributed by atoms with Crippen molar-refractivity contribution in [3.63, 3.8) is 0 Å². The van der Waals surface area contributed by atoms with Crippen LogP contribution in [0.5, 0.6) is 0 Å². The molecule has 0 radical (unpaired) electrons. The molecule has 1 aliphatic rings. The van der Waals surface area contributed by atoms with Crippen LogP contribution in [0.25, 0.3) is 0 Å². The molecule has 98 valence electrons. The van der Waals surface area contributed by atoms with Crippen LogP contribution in [0.3, 0.4) is 0 Å². The Balaban J connectivity index is 1.77. The van der Waals surface area contributed by atoms with Crippen LogP contribution in [-0.2, 0) is 13.0 Å². The zero-order valence-corrected chi connectivity index (χ0v) is 10.6. The smallest absolute Gasteiger partial charge is 0.356 e. The highest BCUT2D eigenvalue weighted by Gasteiger charge is 2.29. The highest BCUT2D eigenvalue weighted by molar-refractivity contribution is 5.85. The van der Waals surface area contributed by atoms with Gasteiger partial charge < -0.3 is 5.11 Å². The van der Waals surface area contributed by atoms with E-state index < -0.39 is 5.97 Å². The minimum absolute atomic E-state index is 0.162. The fourth-order valence-corrected chi connectivity index (χ4v) is 2.30. The molecule has 0 saturated heterocycles. The maximum Gasteiger partial charge on any atom is 0.356 e. The number of hydrogen-bond acceptors (Lipinski definition) is 2. The van der Waals surface area contributed by atoms with Crippen molar-refractivity contribution in [1.29, 1.82) is 0 Å². The predicted octanol–water partition coefficient (Wildman–Crippen LogP) is 2.70. The maximum atomic E-state index is 11.0. The number of aryl methyl sites for hydroxylation is 2. The SMILES string of the molecule is O=C(O)c1cc(C2CC2)n(CCc2ccccc2)n1.